The van der Waals surface area contributed by atoms with Crippen molar-refractivity contribution in [2.45, 2.75) is 20.3 Å². The molecule has 0 N–H and O–H groups in total. The highest BCUT2D eigenvalue weighted by atomic mass is 32.1. The van der Waals surface area contributed by atoms with Gasteiger partial charge in [-0.25, -0.2) is 24.3 Å². The van der Waals surface area contributed by atoms with E-state index in [2.05, 4.69) is 44.2 Å². The van der Waals surface area contributed by atoms with Crippen LogP contribution in [-0.2, 0) is 0 Å². The van der Waals surface area contributed by atoms with Gasteiger partial charge < -0.3 is 0 Å². The second-order valence-electron chi connectivity index (χ2n) is 12.2. The number of aromatic nitrogens is 5. The molecule has 6 nitrogen and oxygen atoms in total. The van der Waals surface area contributed by atoms with E-state index in [9.17, 15) is 4.79 Å². The molecule has 7 heteroatoms. The van der Waals surface area contributed by atoms with E-state index in [1.807, 2.05) is 121 Å². The van der Waals surface area contributed by atoms with Gasteiger partial charge in [-0.05, 0) is 52.6 Å². The van der Waals surface area contributed by atoms with E-state index >= 15 is 0 Å². The minimum Gasteiger partial charge on any atom is -0.268 e. The first-order chi connectivity index (χ1) is 25.1. The second-order valence-corrected chi connectivity index (χ2v) is 13.3. The number of hydrogen-bond donors (Lipinski definition) is 0. The lowest BCUT2D eigenvalue weighted by Gasteiger charge is -2.09. The van der Waals surface area contributed by atoms with Crippen molar-refractivity contribution in [2.24, 2.45) is 0 Å². The van der Waals surface area contributed by atoms with Gasteiger partial charge in [0.2, 0.25) is 0 Å². The van der Waals surface area contributed by atoms with Crippen LogP contribution in [0.2, 0.25) is 0 Å². The molecule has 9 aromatic rings. The summed E-state index contributed by atoms with van der Waals surface area (Å²) in [5.41, 5.74) is 8.40. The van der Waals surface area contributed by atoms with Crippen LogP contribution in [0.15, 0.2) is 156 Å². The minimum absolute atomic E-state index is 0.0612. The summed E-state index contributed by atoms with van der Waals surface area (Å²) in [6.07, 6.45) is 1.25. The Labute approximate surface area is 299 Å². The van der Waals surface area contributed by atoms with Gasteiger partial charge in [0.05, 0.1) is 16.4 Å². The molecule has 0 amide bonds. The highest BCUT2D eigenvalue weighted by molar-refractivity contribution is 7.23. The van der Waals surface area contributed by atoms with E-state index in [0.717, 1.165) is 54.7 Å². The zero-order valence-corrected chi connectivity index (χ0v) is 29.0. The minimum atomic E-state index is -0.0612. The monoisotopic (exact) mass is 679 g/mol. The second kappa shape index (κ2) is 13.9. The van der Waals surface area contributed by atoms with Crippen LogP contribution >= 0.6 is 11.3 Å². The average molecular weight is 680 g/mol. The highest BCUT2D eigenvalue weighted by Gasteiger charge is 2.15. The van der Waals surface area contributed by atoms with Crippen molar-refractivity contribution < 1.29 is 0 Å². The van der Waals surface area contributed by atoms with E-state index < -0.39 is 0 Å². The van der Waals surface area contributed by atoms with Crippen LogP contribution in [-0.4, -0.2) is 24.3 Å². The Hall–Kier alpha value is -6.31. The first-order valence-electron chi connectivity index (χ1n) is 17.0. The lowest BCUT2D eigenvalue weighted by Crippen LogP contribution is -2.11. The molecule has 0 spiro atoms. The van der Waals surface area contributed by atoms with Gasteiger partial charge in [-0.15, -0.1) is 0 Å². The SMILES string of the molecule is CCC.O=c1c2ccc(-c3ccccc3)cc2sc2nc3cc(-c4cccc(-c5nc(-c6ccccc6)nc(-c6ccccc6)n5)c4)ccc3n12. The van der Waals surface area contributed by atoms with Crippen LogP contribution in [0.3, 0.4) is 0 Å². The fraction of sp³-hybridized carbons (Fsp3) is 0.0682. The molecule has 6 aromatic carbocycles. The molecule has 0 saturated heterocycles. The van der Waals surface area contributed by atoms with Gasteiger partial charge in [-0.1, -0.05) is 153 Å². The van der Waals surface area contributed by atoms with Crippen LogP contribution in [0, 0.1) is 0 Å². The van der Waals surface area contributed by atoms with Gasteiger partial charge >= 0.3 is 0 Å². The third-order valence-electron chi connectivity index (χ3n) is 8.50. The first kappa shape index (κ1) is 31.9. The van der Waals surface area contributed by atoms with Crippen molar-refractivity contribution in [3.63, 3.8) is 0 Å². The molecule has 0 saturated carbocycles. The molecule has 0 radical (unpaired) electrons. The fourth-order valence-corrected chi connectivity index (χ4v) is 7.15. The Bertz CT molecular complexity index is 2650. The largest absolute Gasteiger partial charge is 0.268 e. The molecule has 0 aliphatic rings. The number of fused-ring (bicyclic) bond motifs is 4. The highest BCUT2D eigenvalue weighted by Crippen LogP contribution is 2.32. The first-order valence-corrected chi connectivity index (χ1v) is 17.8. The van der Waals surface area contributed by atoms with Crippen LogP contribution in [0.4, 0.5) is 0 Å². The summed E-state index contributed by atoms with van der Waals surface area (Å²) in [6.45, 7) is 4.25. The van der Waals surface area contributed by atoms with Gasteiger partial charge in [0.25, 0.3) is 5.56 Å². The van der Waals surface area contributed by atoms with Crippen LogP contribution in [0.1, 0.15) is 20.3 Å². The maximum Gasteiger partial charge on any atom is 0.266 e. The van der Waals surface area contributed by atoms with E-state index in [0.29, 0.717) is 27.8 Å². The van der Waals surface area contributed by atoms with E-state index in [1.165, 1.54) is 17.8 Å². The van der Waals surface area contributed by atoms with Gasteiger partial charge in [0, 0.05) is 21.4 Å². The van der Waals surface area contributed by atoms with Crippen molar-refractivity contribution in [3.8, 4) is 56.4 Å². The molecule has 9 rings (SSSR count). The zero-order chi connectivity index (χ0) is 34.7. The summed E-state index contributed by atoms with van der Waals surface area (Å²) in [6, 6.07) is 50.4. The molecule has 0 aliphatic carbocycles. The summed E-state index contributed by atoms with van der Waals surface area (Å²) >= 11 is 1.53. The summed E-state index contributed by atoms with van der Waals surface area (Å²) < 4.78 is 2.64. The summed E-state index contributed by atoms with van der Waals surface area (Å²) in [7, 11) is 0. The molecule has 0 bridgehead atoms. The molecular weight excluding hydrogens is 647 g/mol. The van der Waals surface area contributed by atoms with Gasteiger partial charge in [0.15, 0.2) is 22.4 Å². The topological polar surface area (TPSA) is 73.0 Å². The standard InChI is InChI=1S/C41H25N5OS.C3H8/c47-40-33-21-19-31(26-11-4-1-5-12-26)25-36(33)48-41-42-34-24-30(20-22-35(34)46(40)41)29-17-10-18-32(23-29)39-44-37(27-13-6-2-7-14-27)43-38(45-39)28-15-8-3-9-16-28;1-3-2/h1-25H;3H2,1-2H3. The van der Waals surface area contributed by atoms with Crippen molar-refractivity contribution in [2.75, 3.05) is 0 Å². The summed E-state index contributed by atoms with van der Waals surface area (Å²) in [5, 5.41) is 0.686. The van der Waals surface area contributed by atoms with E-state index in [1.54, 1.807) is 4.40 Å². The predicted octanol–water partition coefficient (Wildman–Crippen LogP) is 11.0. The number of nitrogens with zero attached hydrogens (tertiary/aromatic N) is 5. The third kappa shape index (κ3) is 6.31. The lowest BCUT2D eigenvalue weighted by atomic mass is 10.0. The Kier molecular flexibility index (Phi) is 8.70. The van der Waals surface area contributed by atoms with E-state index in [-0.39, 0.29) is 5.56 Å². The zero-order valence-electron chi connectivity index (χ0n) is 28.2. The van der Waals surface area contributed by atoms with Gasteiger partial charge in [-0.2, -0.15) is 0 Å². The number of imidazole rings is 1. The Morgan fingerprint density at radius 1 is 0.490 bits per heavy atom. The van der Waals surface area contributed by atoms with E-state index in [4.69, 9.17) is 19.9 Å². The van der Waals surface area contributed by atoms with Crippen LogP contribution in [0.25, 0.3) is 82.5 Å². The predicted molar refractivity (Wildman–Crippen MR) is 211 cm³/mol. The smallest absolute Gasteiger partial charge is 0.266 e. The van der Waals surface area contributed by atoms with Gasteiger partial charge in [0.1, 0.15) is 0 Å². The van der Waals surface area contributed by atoms with Crippen LogP contribution in [0.5, 0.6) is 0 Å². The molecule has 51 heavy (non-hydrogen) atoms. The molecule has 0 atom stereocenters. The summed E-state index contributed by atoms with van der Waals surface area (Å²) in [5.74, 6) is 1.83. The molecule has 3 heterocycles. The maximum atomic E-state index is 13.7. The third-order valence-corrected chi connectivity index (χ3v) is 9.51. The molecule has 0 aliphatic heterocycles. The molecule has 246 valence electrons. The quantitative estimate of drug-likeness (QED) is 0.181. The lowest BCUT2D eigenvalue weighted by molar-refractivity contribution is 1.07. The summed E-state index contributed by atoms with van der Waals surface area (Å²) in [4.78, 5) is 34.0. The molecule has 0 fully saturated rings. The van der Waals surface area contributed by atoms with Gasteiger partial charge in [-0.3, -0.25) is 4.79 Å². The molecule has 3 aromatic heterocycles. The van der Waals surface area contributed by atoms with Crippen molar-refractivity contribution in [1.29, 1.82) is 0 Å². The Balaban J connectivity index is 0.00000121. The van der Waals surface area contributed by atoms with Crippen molar-refractivity contribution in [3.05, 3.63) is 162 Å². The van der Waals surface area contributed by atoms with Crippen molar-refractivity contribution >= 4 is 37.4 Å². The van der Waals surface area contributed by atoms with Crippen LogP contribution < -0.4 is 5.56 Å². The van der Waals surface area contributed by atoms with Crippen molar-refractivity contribution in [1.82, 2.24) is 24.3 Å². The number of benzene rings is 6. The maximum absolute atomic E-state index is 13.7. The molecular formula is C44H33N5OS. The Morgan fingerprint density at radius 2 is 0.980 bits per heavy atom. The Morgan fingerprint density at radius 3 is 1.61 bits per heavy atom. The molecule has 0 unspecified atom stereocenters. The number of hydrogen-bond acceptors (Lipinski definition) is 6. The average Bonchev–Trinajstić information content (AvgIpc) is 3.57. The normalized spacial score (nSPS) is 11.1. The number of rotatable bonds is 5. The fourth-order valence-electron chi connectivity index (χ4n) is 6.09.